The number of phenols is 3. The molecule has 33 nitrogen and oxygen atoms in total. The van der Waals surface area contributed by atoms with Crippen molar-refractivity contribution in [2.45, 2.75) is 200 Å². The van der Waals surface area contributed by atoms with E-state index in [0.717, 1.165) is 51.4 Å². The highest BCUT2D eigenvalue weighted by molar-refractivity contribution is 6.04. The third-order valence-electron chi connectivity index (χ3n) is 23.3. The molecule has 0 unspecified atom stereocenters. The Morgan fingerprint density at radius 2 is 0.957 bits per heavy atom. The van der Waals surface area contributed by atoms with Crippen molar-refractivity contribution < 1.29 is 130 Å². The number of unbranched alkanes of at least 4 members (excludes halogenated alkanes) is 3. The molecule has 0 radical (unpaired) electrons. The fraction of sp³-hybridized carbons (Fsp3) is 0.643. The van der Waals surface area contributed by atoms with E-state index < -0.39 is 88.4 Å². The van der Waals surface area contributed by atoms with E-state index >= 15 is 0 Å². The van der Waals surface area contributed by atoms with Crippen LogP contribution in [0.25, 0.3) is 0 Å². The summed E-state index contributed by atoms with van der Waals surface area (Å²) in [6.45, 7) is 8.89. The number of anilines is 2. The first-order chi connectivity index (χ1) is 55.9. The average molecular weight is 1650 g/mol. The van der Waals surface area contributed by atoms with Gasteiger partial charge in [-0.3, -0.25) is 57.5 Å². The van der Waals surface area contributed by atoms with Crippen LogP contribution in [0.2, 0.25) is 0 Å². The molecule has 10 atom stereocenters. The van der Waals surface area contributed by atoms with Crippen LogP contribution in [-0.2, 0) is 92.2 Å². The Labute approximate surface area is 682 Å². The van der Waals surface area contributed by atoms with Gasteiger partial charge in [0.15, 0.2) is 17.3 Å². The number of aromatic hydroxyl groups is 3. The molecule has 6 amide bonds. The zero-order valence-electron chi connectivity index (χ0n) is 68.5. The number of methoxy groups -OCH3 is 3. The Morgan fingerprint density at radius 1 is 0.470 bits per heavy atom. The van der Waals surface area contributed by atoms with E-state index in [-0.39, 0.29) is 252 Å². The number of benzene rings is 3. The van der Waals surface area contributed by atoms with Crippen molar-refractivity contribution >= 4 is 82.1 Å². The van der Waals surface area contributed by atoms with Crippen molar-refractivity contribution in [2.24, 2.45) is 57.6 Å². The number of amides is 6. The monoisotopic (exact) mass is 1640 g/mol. The molecule has 7 rings (SSSR count). The fourth-order valence-electron chi connectivity index (χ4n) is 17.6. The van der Waals surface area contributed by atoms with Crippen LogP contribution in [0.15, 0.2) is 36.4 Å². The Bertz CT molecular complexity index is 3930. The van der Waals surface area contributed by atoms with Gasteiger partial charge in [-0.2, -0.15) is 0 Å². The van der Waals surface area contributed by atoms with Gasteiger partial charge in [0.25, 0.3) is 17.7 Å². The van der Waals surface area contributed by atoms with Gasteiger partial charge in [0, 0.05) is 75.7 Å². The first kappa shape index (κ1) is 94.6. The lowest BCUT2D eigenvalue weighted by atomic mass is 9.43. The number of fused-ring (bicyclic) bond motifs is 5. The number of carbonyl (C=O) groups is 12. The average Bonchev–Trinajstić information content (AvgIpc) is 1.62. The molecule has 4 aliphatic rings. The molecule has 0 saturated heterocycles. The normalized spacial score (nSPS) is 21.0. The van der Waals surface area contributed by atoms with E-state index in [2.05, 4.69) is 43.6 Å². The number of nitrogens with two attached hydrogens (primary N) is 3. The molecule has 4 fully saturated rings. The van der Waals surface area contributed by atoms with E-state index in [1.807, 2.05) is 0 Å². The SMILES string of the molecule is CCCCCC[C@](C)(OC(=O)CCC(=O)CCCOCCOCC(=O)Nc1ccc(OC)c(C(N)=O)c1O)[C@H]1CC[C@H]2[C@@H]3C[C@H](OC(=O)CCC(=O)NCCOCCOCC(=O)Cc4ccc(OC)c(C(N)=O)c4O)[C@H]4C[C@@H](OC(=O)CCC(=O)CCCOCCOCC(=O)Nc5ccc(OC)c(C(N)=O)c5O)CC[C@]4(C)[C@H]3CC[C@@]21C. The molecule has 117 heavy (non-hydrogen) atoms. The topological polar surface area (TPSA) is 490 Å². The molecule has 12 N–H and O–H groups in total. The van der Waals surface area contributed by atoms with E-state index in [1.165, 1.54) is 57.7 Å². The number of primary amides is 3. The number of ether oxygens (including phenoxy) is 12. The third-order valence-corrected chi connectivity index (χ3v) is 23.3. The van der Waals surface area contributed by atoms with Crippen LogP contribution in [0.3, 0.4) is 0 Å². The van der Waals surface area contributed by atoms with Crippen molar-refractivity contribution in [3.8, 4) is 34.5 Å². The maximum Gasteiger partial charge on any atom is 0.306 e. The molecule has 4 aliphatic carbocycles. The minimum absolute atomic E-state index is 0.00390. The molecular weight excluding hydrogens is 1520 g/mol. The minimum Gasteiger partial charge on any atom is -0.507 e. The molecule has 0 bridgehead atoms. The molecule has 648 valence electrons. The Kier molecular flexibility index (Phi) is 37.7. The number of rotatable bonds is 54. The van der Waals surface area contributed by atoms with Gasteiger partial charge in [0.05, 0.1) is 98.2 Å². The summed E-state index contributed by atoms with van der Waals surface area (Å²) in [7, 11) is 3.92. The van der Waals surface area contributed by atoms with Gasteiger partial charge >= 0.3 is 17.9 Å². The molecule has 33 heteroatoms. The zero-order chi connectivity index (χ0) is 85.4. The minimum atomic E-state index is -0.945. The molecule has 0 aromatic heterocycles. The van der Waals surface area contributed by atoms with Crippen molar-refractivity contribution in [2.75, 3.05) is 118 Å². The molecular formula is C84H120N6O27. The number of ketones is 3. The number of hydrogen-bond donors (Lipinski definition) is 9. The molecule has 4 saturated carbocycles. The lowest BCUT2D eigenvalue weighted by Gasteiger charge is -2.63. The molecule has 0 spiro atoms. The Hall–Kier alpha value is -9.54. The Morgan fingerprint density at radius 3 is 1.50 bits per heavy atom. The van der Waals surface area contributed by atoms with Crippen LogP contribution >= 0.6 is 0 Å². The summed E-state index contributed by atoms with van der Waals surface area (Å²) in [4.78, 5) is 155. The summed E-state index contributed by atoms with van der Waals surface area (Å²) in [5.41, 5.74) is 13.9. The highest BCUT2D eigenvalue weighted by Crippen LogP contribution is 2.70. The third kappa shape index (κ3) is 27.3. The first-order valence-corrected chi connectivity index (χ1v) is 40.5. The molecule has 0 heterocycles. The second-order valence-electron chi connectivity index (χ2n) is 31.2. The van der Waals surface area contributed by atoms with Crippen LogP contribution < -0.4 is 47.4 Å². The standard InChI is InChI=1S/C84H120N6O27/c1-8-9-10-11-32-84(4,117-72(99)28-18-53(92)15-13-37-110-40-44-114-50-69(96)90-61-21-24-64(108-7)75(78(61)102)81(87)105)66-25-19-57-56-47-65(116-71(98)29-26-67(94)88-35-38-111-41-42-112-48-54(93)45-51-16-22-62(106-5)73(76(51)100)79(85)103)59-46-55(30-33-82(59,2)58(56)31-34-83(57,66)3)115-70(97)27-17-52(91)14-12-36-109-39-43-113-49-68(95)89-60-20-23-63(107-6)74(77(60)101)80(86)104/h16,20-24,55-59,65-66,100-102H,8-15,17-19,25-50H2,1-7H3,(H2,85,103)(H2,86,104)(H2,87,105)(H,88,94)(H,89,95)(H,90,96)/t55-,56-,57-,58-,59+,65-,66-,82+,83-,84-/m0/s1. The van der Waals surface area contributed by atoms with Gasteiger partial charge in [-0.15, -0.1) is 0 Å². The largest absolute Gasteiger partial charge is 0.507 e. The van der Waals surface area contributed by atoms with Gasteiger partial charge in [0.2, 0.25) is 17.7 Å². The fourth-order valence-corrected chi connectivity index (χ4v) is 17.6. The van der Waals surface area contributed by atoms with E-state index in [4.69, 9.17) is 74.0 Å². The van der Waals surface area contributed by atoms with Crippen LogP contribution in [0.1, 0.15) is 212 Å². The summed E-state index contributed by atoms with van der Waals surface area (Å²) in [5.74, 6) is -7.72. The highest BCUT2D eigenvalue weighted by Gasteiger charge is 2.65. The first-order valence-electron chi connectivity index (χ1n) is 40.5. The lowest BCUT2D eigenvalue weighted by molar-refractivity contribution is -0.204. The lowest BCUT2D eigenvalue weighted by Crippen LogP contribution is -2.60. The van der Waals surface area contributed by atoms with Gasteiger partial charge in [0.1, 0.15) is 88.9 Å². The summed E-state index contributed by atoms with van der Waals surface area (Å²) in [6, 6.07) is 8.35. The van der Waals surface area contributed by atoms with Gasteiger partial charge in [-0.1, -0.05) is 46.1 Å². The maximum absolute atomic E-state index is 14.2. The maximum atomic E-state index is 14.2. The van der Waals surface area contributed by atoms with Crippen molar-refractivity contribution in [1.29, 1.82) is 0 Å². The van der Waals surface area contributed by atoms with Crippen LogP contribution in [0.4, 0.5) is 11.4 Å². The highest BCUT2D eigenvalue weighted by atomic mass is 16.6. The summed E-state index contributed by atoms with van der Waals surface area (Å²) < 4.78 is 67.7. The predicted molar refractivity (Wildman–Crippen MR) is 423 cm³/mol. The number of esters is 3. The number of Topliss-reactive ketones (excluding diaryl/α,β-unsaturated/α-hetero) is 3. The summed E-state index contributed by atoms with van der Waals surface area (Å²) in [6.07, 6.45) is 9.12. The van der Waals surface area contributed by atoms with E-state index in [1.54, 1.807) is 0 Å². The van der Waals surface area contributed by atoms with Crippen LogP contribution in [-0.4, -0.2) is 211 Å². The van der Waals surface area contributed by atoms with Crippen molar-refractivity contribution in [3.63, 3.8) is 0 Å². The van der Waals surface area contributed by atoms with Crippen molar-refractivity contribution in [3.05, 3.63) is 58.7 Å². The van der Waals surface area contributed by atoms with E-state index in [9.17, 15) is 72.9 Å². The summed E-state index contributed by atoms with van der Waals surface area (Å²) in [5, 5.41) is 39.2. The molecule has 3 aromatic rings. The number of nitrogens with one attached hydrogen (secondary N) is 3. The van der Waals surface area contributed by atoms with Crippen LogP contribution in [0, 0.1) is 40.4 Å². The zero-order valence-corrected chi connectivity index (χ0v) is 68.5. The van der Waals surface area contributed by atoms with Gasteiger partial charge in [-0.25, -0.2) is 0 Å². The quantitative estimate of drug-likeness (QED) is 0.0111. The van der Waals surface area contributed by atoms with Crippen molar-refractivity contribution in [1.82, 2.24) is 5.32 Å². The van der Waals surface area contributed by atoms with Gasteiger partial charge in [-0.05, 0) is 143 Å². The molecule has 0 aliphatic heterocycles. The smallest absolute Gasteiger partial charge is 0.306 e. The second-order valence-corrected chi connectivity index (χ2v) is 31.2. The van der Waals surface area contributed by atoms with E-state index in [0.29, 0.717) is 44.9 Å². The number of hydrogen-bond acceptors (Lipinski definition) is 27. The summed E-state index contributed by atoms with van der Waals surface area (Å²) >= 11 is 0. The molecule has 3 aromatic carbocycles. The van der Waals surface area contributed by atoms with Gasteiger partial charge < -0.3 is 105 Å². The Balaban J connectivity index is 0.896. The van der Waals surface area contributed by atoms with Crippen LogP contribution in [0.5, 0.6) is 34.5 Å². The predicted octanol–water partition coefficient (Wildman–Crippen LogP) is 8.13. The number of carbonyl (C=O) groups excluding carboxylic acids is 12. The second kappa shape index (κ2) is 46.6.